The fourth-order valence-corrected chi connectivity index (χ4v) is 4.58. The Bertz CT molecular complexity index is 1410. The minimum Gasteiger partial charge on any atom is -0.390 e. The van der Waals surface area contributed by atoms with Gasteiger partial charge in [0.05, 0.1) is 39.8 Å². The third-order valence-corrected chi connectivity index (χ3v) is 6.66. The third-order valence-electron chi connectivity index (χ3n) is 6.14. The summed E-state index contributed by atoms with van der Waals surface area (Å²) in [6.45, 7) is 10.2. The van der Waals surface area contributed by atoms with Crippen molar-refractivity contribution in [3.05, 3.63) is 77.4 Å². The van der Waals surface area contributed by atoms with Crippen LogP contribution in [0.1, 0.15) is 12.6 Å². The Balaban J connectivity index is 1.69. The average Bonchev–Trinajstić information content (AvgIpc) is 2.86. The number of aromatic nitrogens is 2. The number of hydrogen-bond acceptors (Lipinski definition) is 7. The average molecular weight is 529 g/mol. The zero-order valence-corrected chi connectivity index (χ0v) is 21.0. The molecule has 1 aliphatic rings. The van der Waals surface area contributed by atoms with Crippen molar-refractivity contribution in [3.8, 4) is 11.3 Å². The fourth-order valence-electron chi connectivity index (χ4n) is 4.25. The number of ketones is 1. The predicted octanol–water partition coefficient (Wildman–Crippen LogP) is 4.50. The lowest BCUT2D eigenvalue weighted by Gasteiger charge is -2.42. The molecule has 0 amide bonds. The standard InChI is InChI=1S/C26H23Cl2FN4O3/c1-14-12-32(16(3)24(35)15(2)25(28)36)8-9-33(14)26-19-11-20(27)23(18-6-4-5-7-21(18)29)31-22(19)10-17(13-34)30-26/h4-7,10-11,14,34H,2-3,8-9,12-13H2,1H3/t14-/m0/s1. The molecule has 0 saturated carbocycles. The Kier molecular flexibility index (Phi) is 7.40. The van der Waals surface area contributed by atoms with E-state index in [0.717, 1.165) is 0 Å². The number of benzene rings is 1. The molecule has 1 atom stereocenters. The van der Waals surface area contributed by atoms with Crippen molar-refractivity contribution in [2.45, 2.75) is 19.6 Å². The number of Topliss-reactive ketones (excluding diaryl/α,β-unsaturated/α-hetero) is 1. The molecule has 3 heterocycles. The summed E-state index contributed by atoms with van der Waals surface area (Å²) in [5.41, 5.74) is 1.30. The van der Waals surface area contributed by atoms with Crippen LogP contribution in [0.4, 0.5) is 10.2 Å². The first-order valence-corrected chi connectivity index (χ1v) is 11.9. The van der Waals surface area contributed by atoms with E-state index in [1.54, 1.807) is 35.2 Å². The van der Waals surface area contributed by atoms with Gasteiger partial charge in [0, 0.05) is 36.6 Å². The van der Waals surface area contributed by atoms with Crippen LogP contribution in [0.3, 0.4) is 0 Å². The number of piperazine rings is 1. The van der Waals surface area contributed by atoms with E-state index in [1.165, 1.54) is 6.07 Å². The zero-order valence-electron chi connectivity index (χ0n) is 19.5. The lowest BCUT2D eigenvalue weighted by molar-refractivity contribution is -0.117. The van der Waals surface area contributed by atoms with Crippen LogP contribution in [0.5, 0.6) is 0 Å². The van der Waals surface area contributed by atoms with E-state index in [4.69, 9.17) is 23.2 Å². The van der Waals surface area contributed by atoms with Gasteiger partial charge in [-0.05, 0) is 42.8 Å². The van der Waals surface area contributed by atoms with Gasteiger partial charge in [0.2, 0.25) is 5.78 Å². The van der Waals surface area contributed by atoms with Crippen molar-refractivity contribution in [2.24, 2.45) is 0 Å². The summed E-state index contributed by atoms with van der Waals surface area (Å²) in [5, 5.41) is 9.84. The first-order chi connectivity index (χ1) is 17.1. The van der Waals surface area contributed by atoms with Crippen molar-refractivity contribution in [1.82, 2.24) is 14.9 Å². The topological polar surface area (TPSA) is 86.6 Å². The highest BCUT2D eigenvalue weighted by atomic mass is 35.5. The van der Waals surface area contributed by atoms with Crippen molar-refractivity contribution in [3.63, 3.8) is 0 Å². The number of nitrogens with zero attached hydrogens (tertiary/aromatic N) is 4. The van der Waals surface area contributed by atoms with Crippen LogP contribution >= 0.6 is 23.2 Å². The summed E-state index contributed by atoms with van der Waals surface area (Å²) in [6, 6.07) is 9.45. The first-order valence-electron chi connectivity index (χ1n) is 11.1. The van der Waals surface area contributed by atoms with Crippen LogP contribution in [0.15, 0.2) is 60.8 Å². The molecule has 0 aliphatic carbocycles. The molecule has 186 valence electrons. The molecule has 0 radical (unpaired) electrons. The van der Waals surface area contributed by atoms with E-state index in [-0.39, 0.29) is 34.5 Å². The molecule has 1 aromatic carbocycles. The van der Waals surface area contributed by atoms with Gasteiger partial charge in [-0.15, -0.1) is 0 Å². The molecule has 1 aliphatic heterocycles. The van der Waals surface area contributed by atoms with Crippen molar-refractivity contribution in [1.29, 1.82) is 0 Å². The second-order valence-corrected chi connectivity index (χ2v) is 9.23. The molecule has 1 fully saturated rings. The van der Waals surface area contributed by atoms with Crippen LogP contribution in [-0.4, -0.2) is 56.7 Å². The van der Waals surface area contributed by atoms with Crippen LogP contribution in [0.25, 0.3) is 22.2 Å². The minimum atomic E-state index is -0.913. The van der Waals surface area contributed by atoms with E-state index in [0.29, 0.717) is 47.7 Å². The summed E-state index contributed by atoms with van der Waals surface area (Å²) in [4.78, 5) is 36.8. The molecule has 3 aromatic rings. The maximum Gasteiger partial charge on any atom is 0.255 e. The smallest absolute Gasteiger partial charge is 0.255 e. The number of aliphatic hydroxyl groups excluding tert-OH is 1. The van der Waals surface area contributed by atoms with E-state index < -0.39 is 16.8 Å². The zero-order chi connectivity index (χ0) is 26.1. The molecule has 10 heteroatoms. The van der Waals surface area contributed by atoms with Crippen LogP contribution in [0.2, 0.25) is 5.02 Å². The number of carbonyl (C=O) groups excluding carboxylic acids is 2. The summed E-state index contributed by atoms with van der Waals surface area (Å²) < 4.78 is 14.4. The Morgan fingerprint density at radius 1 is 1.19 bits per heavy atom. The molecule has 36 heavy (non-hydrogen) atoms. The number of anilines is 1. The molecule has 2 aromatic heterocycles. The monoisotopic (exact) mass is 528 g/mol. The molecule has 0 bridgehead atoms. The molecule has 1 saturated heterocycles. The largest absolute Gasteiger partial charge is 0.390 e. The van der Waals surface area contributed by atoms with Crippen LogP contribution in [0, 0.1) is 5.82 Å². The number of rotatable bonds is 7. The predicted molar refractivity (Wildman–Crippen MR) is 138 cm³/mol. The number of fused-ring (bicyclic) bond motifs is 1. The fraction of sp³-hybridized carbons (Fsp3) is 0.231. The second kappa shape index (κ2) is 10.3. The normalized spacial score (nSPS) is 15.8. The molecule has 4 rings (SSSR count). The van der Waals surface area contributed by atoms with Gasteiger partial charge in [0.25, 0.3) is 5.24 Å². The van der Waals surface area contributed by atoms with E-state index in [2.05, 4.69) is 23.1 Å². The van der Waals surface area contributed by atoms with Crippen LogP contribution in [-0.2, 0) is 16.2 Å². The highest BCUT2D eigenvalue weighted by molar-refractivity contribution is 6.71. The van der Waals surface area contributed by atoms with E-state index in [1.807, 2.05) is 11.8 Å². The number of hydrogen-bond donors (Lipinski definition) is 1. The van der Waals surface area contributed by atoms with Gasteiger partial charge in [-0.1, -0.05) is 36.9 Å². The molecular weight excluding hydrogens is 506 g/mol. The SMILES string of the molecule is C=C(C(=O)Cl)C(=O)C(=C)N1CCN(c2nc(CO)cc3nc(-c4ccccc4F)c(Cl)cc23)[C@@H](C)C1. The van der Waals surface area contributed by atoms with Gasteiger partial charge in [-0.2, -0.15) is 0 Å². The number of aliphatic hydroxyl groups is 1. The molecule has 1 N–H and O–H groups in total. The summed E-state index contributed by atoms with van der Waals surface area (Å²) in [6.07, 6.45) is 0. The first kappa shape index (κ1) is 25.8. The highest BCUT2D eigenvalue weighted by Gasteiger charge is 2.30. The van der Waals surface area contributed by atoms with Gasteiger partial charge >= 0.3 is 0 Å². The lowest BCUT2D eigenvalue weighted by Crippen LogP contribution is -2.52. The van der Waals surface area contributed by atoms with E-state index >= 15 is 0 Å². The number of carbonyl (C=O) groups is 2. The Morgan fingerprint density at radius 2 is 1.92 bits per heavy atom. The second-order valence-electron chi connectivity index (χ2n) is 8.48. The van der Waals surface area contributed by atoms with Gasteiger partial charge in [0.15, 0.2) is 0 Å². The Morgan fingerprint density at radius 3 is 2.56 bits per heavy atom. The van der Waals surface area contributed by atoms with Crippen molar-refractivity contribution in [2.75, 3.05) is 24.5 Å². The molecular formula is C26H23Cl2FN4O3. The number of halogens is 3. The molecule has 0 spiro atoms. The molecule has 0 unspecified atom stereocenters. The number of pyridine rings is 2. The van der Waals surface area contributed by atoms with Gasteiger partial charge in [-0.25, -0.2) is 14.4 Å². The van der Waals surface area contributed by atoms with Gasteiger partial charge in [-0.3, -0.25) is 9.59 Å². The molecule has 7 nitrogen and oxygen atoms in total. The minimum absolute atomic E-state index is 0.140. The van der Waals surface area contributed by atoms with Gasteiger partial charge in [0.1, 0.15) is 11.6 Å². The summed E-state index contributed by atoms with van der Waals surface area (Å²) >= 11 is 12.0. The maximum atomic E-state index is 14.4. The van der Waals surface area contributed by atoms with Crippen molar-refractivity contribution < 1.29 is 19.1 Å². The summed E-state index contributed by atoms with van der Waals surface area (Å²) in [5.74, 6) is -0.477. The summed E-state index contributed by atoms with van der Waals surface area (Å²) in [7, 11) is 0. The highest BCUT2D eigenvalue weighted by Crippen LogP contribution is 2.35. The van der Waals surface area contributed by atoms with E-state index in [9.17, 15) is 19.1 Å². The third kappa shape index (κ3) is 4.84. The van der Waals surface area contributed by atoms with Crippen LogP contribution < -0.4 is 4.90 Å². The number of allylic oxidation sites excluding steroid dienone is 1. The maximum absolute atomic E-state index is 14.4. The van der Waals surface area contributed by atoms with Crippen molar-refractivity contribution >= 4 is 50.9 Å². The lowest BCUT2D eigenvalue weighted by atomic mass is 10.1. The van der Waals surface area contributed by atoms with Gasteiger partial charge < -0.3 is 14.9 Å². The Labute approximate surface area is 217 Å². The Hall–Kier alpha value is -3.33. The quantitative estimate of drug-likeness (QED) is 0.209.